The van der Waals surface area contributed by atoms with Crippen LogP contribution in [0.2, 0.25) is 0 Å². The van der Waals surface area contributed by atoms with Crippen molar-refractivity contribution in [1.29, 1.82) is 0 Å². The summed E-state index contributed by atoms with van der Waals surface area (Å²) in [5.41, 5.74) is 7.95. The summed E-state index contributed by atoms with van der Waals surface area (Å²) in [4.78, 5) is 42.1. The fourth-order valence-corrected chi connectivity index (χ4v) is 3.50. The van der Waals surface area contributed by atoms with E-state index in [9.17, 15) is 14.4 Å². The zero-order chi connectivity index (χ0) is 22.5. The van der Waals surface area contributed by atoms with Crippen LogP contribution >= 0.6 is 0 Å². The first kappa shape index (κ1) is 21.0. The van der Waals surface area contributed by atoms with E-state index in [4.69, 9.17) is 10.5 Å². The van der Waals surface area contributed by atoms with E-state index in [1.54, 1.807) is 12.1 Å². The second kappa shape index (κ2) is 9.26. The Balaban J connectivity index is 1.56. The van der Waals surface area contributed by atoms with Gasteiger partial charge in [0, 0.05) is 10.8 Å². The topological polar surface area (TPSA) is 111 Å². The third kappa shape index (κ3) is 4.57. The maximum Gasteiger partial charge on any atom is 0.308 e. The second-order valence-corrected chi connectivity index (χ2v) is 7.30. The number of amides is 2. The number of carbonyl (C=O) groups is 3. The number of carbonyl (C=O) groups excluding carboxylic acids is 3. The van der Waals surface area contributed by atoms with Crippen molar-refractivity contribution in [3.05, 3.63) is 90.0 Å². The number of pyridine rings is 1. The number of nitrogens with one attached hydrogen (secondary N) is 1. The zero-order valence-corrected chi connectivity index (χ0v) is 17.2. The van der Waals surface area contributed by atoms with E-state index >= 15 is 0 Å². The Morgan fingerprint density at radius 1 is 0.844 bits per heavy atom. The third-order valence-corrected chi connectivity index (χ3v) is 5.08. The highest BCUT2D eigenvalue weighted by molar-refractivity contribution is 6.16. The fraction of sp³-hybridized carbons (Fsp3) is 0.120. The number of hydrogen-bond acceptors (Lipinski definition) is 5. The van der Waals surface area contributed by atoms with Crippen LogP contribution < -0.4 is 11.1 Å². The van der Waals surface area contributed by atoms with Gasteiger partial charge in [-0.25, -0.2) is 4.98 Å². The molecule has 1 aromatic heterocycles. The molecular weight excluding hydrogens is 406 g/mol. The van der Waals surface area contributed by atoms with Crippen molar-refractivity contribution in [2.45, 2.75) is 19.1 Å². The van der Waals surface area contributed by atoms with Crippen LogP contribution in [0, 0.1) is 0 Å². The van der Waals surface area contributed by atoms with Gasteiger partial charge in [-0.2, -0.15) is 0 Å². The number of para-hydroxylation sites is 2. The molecule has 0 fully saturated rings. The molecule has 0 spiro atoms. The summed E-state index contributed by atoms with van der Waals surface area (Å²) < 4.78 is 5.23. The van der Waals surface area contributed by atoms with Gasteiger partial charge in [-0.1, -0.05) is 66.7 Å². The molecule has 4 aromatic rings. The number of primary amides is 1. The van der Waals surface area contributed by atoms with Gasteiger partial charge in [0.05, 0.1) is 23.0 Å². The van der Waals surface area contributed by atoms with Crippen LogP contribution in [0.15, 0.2) is 78.9 Å². The van der Waals surface area contributed by atoms with Gasteiger partial charge in [0.25, 0.3) is 5.91 Å². The van der Waals surface area contributed by atoms with Crippen molar-refractivity contribution in [3.8, 4) is 0 Å². The Hall–Kier alpha value is -4.26. The zero-order valence-electron chi connectivity index (χ0n) is 17.2. The second-order valence-electron chi connectivity index (χ2n) is 7.30. The van der Waals surface area contributed by atoms with E-state index in [-0.39, 0.29) is 13.0 Å². The molecule has 3 aromatic carbocycles. The standard InChI is InChI=1S/C25H21N3O4/c26-24(30)21(14-22(29)32-15-16-8-2-1-3-9-16)28-25(31)23-17-10-4-6-12-19(17)27-20-13-7-5-11-18(20)23/h1-13,21H,14-15H2,(H2,26,30)(H,28,31)/t21-/m0/s1. The molecule has 0 aliphatic carbocycles. The van der Waals surface area contributed by atoms with Gasteiger partial charge in [-0.15, -0.1) is 0 Å². The van der Waals surface area contributed by atoms with E-state index in [0.29, 0.717) is 27.4 Å². The number of aromatic nitrogens is 1. The molecule has 160 valence electrons. The molecule has 1 atom stereocenters. The predicted molar refractivity (Wildman–Crippen MR) is 121 cm³/mol. The van der Waals surface area contributed by atoms with Gasteiger partial charge < -0.3 is 15.8 Å². The minimum atomic E-state index is -1.21. The molecular formula is C25H21N3O4. The Kier molecular flexibility index (Phi) is 6.07. The Labute approximate surface area is 184 Å². The van der Waals surface area contributed by atoms with Crippen LogP contribution in [0.3, 0.4) is 0 Å². The Morgan fingerprint density at radius 2 is 1.41 bits per heavy atom. The first-order valence-electron chi connectivity index (χ1n) is 10.1. The average Bonchev–Trinajstić information content (AvgIpc) is 2.81. The number of fused-ring (bicyclic) bond motifs is 2. The number of nitrogens with zero attached hydrogens (tertiary/aromatic N) is 1. The molecule has 32 heavy (non-hydrogen) atoms. The van der Waals surface area contributed by atoms with Crippen molar-refractivity contribution in [1.82, 2.24) is 10.3 Å². The van der Waals surface area contributed by atoms with Crippen molar-refractivity contribution < 1.29 is 19.1 Å². The lowest BCUT2D eigenvalue weighted by Crippen LogP contribution is -2.46. The maximum atomic E-state index is 13.2. The SMILES string of the molecule is NC(=O)[C@H](CC(=O)OCc1ccccc1)NC(=O)c1c2ccccc2nc2ccccc12. The Morgan fingerprint density at radius 3 is 2.00 bits per heavy atom. The molecule has 0 aliphatic rings. The molecule has 0 saturated heterocycles. The van der Waals surface area contributed by atoms with Gasteiger partial charge in [0.1, 0.15) is 12.6 Å². The third-order valence-electron chi connectivity index (χ3n) is 5.08. The number of nitrogens with two attached hydrogens (primary N) is 1. The fourth-order valence-electron chi connectivity index (χ4n) is 3.50. The number of hydrogen-bond donors (Lipinski definition) is 2. The Bertz CT molecular complexity index is 1250. The van der Waals surface area contributed by atoms with Crippen molar-refractivity contribution in [3.63, 3.8) is 0 Å². The highest BCUT2D eigenvalue weighted by Gasteiger charge is 2.25. The molecule has 0 radical (unpaired) electrons. The van der Waals surface area contributed by atoms with Crippen LogP contribution in [0.5, 0.6) is 0 Å². The number of benzene rings is 3. The van der Waals surface area contributed by atoms with E-state index in [2.05, 4.69) is 10.3 Å². The van der Waals surface area contributed by atoms with Gasteiger partial charge in [-0.05, 0) is 17.7 Å². The van der Waals surface area contributed by atoms with Crippen molar-refractivity contribution in [2.75, 3.05) is 0 Å². The van der Waals surface area contributed by atoms with Gasteiger partial charge in [0.15, 0.2) is 0 Å². The summed E-state index contributed by atoms with van der Waals surface area (Å²) >= 11 is 0. The number of ether oxygens (including phenoxy) is 1. The first-order chi connectivity index (χ1) is 15.5. The molecule has 7 nitrogen and oxygen atoms in total. The molecule has 1 heterocycles. The number of esters is 1. The van der Waals surface area contributed by atoms with Crippen LogP contribution in [0.25, 0.3) is 21.8 Å². The molecule has 0 bridgehead atoms. The summed E-state index contributed by atoms with van der Waals surface area (Å²) in [5, 5.41) is 3.88. The van der Waals surface area contributed by atoms with E-state index in [1.165, 1.54) is 0 Å². The van der Waals surface area contributed by atoms with Crippen LogP contribution in [-0.4, -0.2) is 28.8 Å². The smallest absolute Gasteiger partial charge is 0.308 e. The number of rotatable bonds is 7. The molecule has 7 heteroatoms. The van der Waals surface area contributed by atoms with Crippen LogP contribution in [0.1, 0.15) is 22.3 Å². The van der Waals surface area contributed by atoms with E-state index in [0.717, 1.165) is 5.56 Å². The molecule has 2 amide bonds. The summed E-state index contributed by atoms with van der Waals surface area (Å²) in [6, 6.07) is 22.4. The predicted octanol–water partition coefficient (Wildman–Crippen LogP) is 3.11. The summed E-state index contributed by atoms with van der Waals surface area (Å²) in [7, 11) is 0. The normalized spacial score (nSPS) is 11.8. The van der Waals surface area contributed by atoms with Crippen LogP contribution in [0.4, 0.5) is 0 Å². The highest BCUT2D eigenvalue weighted by Crippen LogP contribution is 2.26. The largest absolute Gasteiger partial charge is 0.461 e. The van der Waals surface area contributed by atoms with E-state index < -0.39 is 23.8 Å². The lowest BCUT2D eigenvalue weighted by Gasteiger charge is -2.17. The summed E-state index contributed by atoms with van der Waals surface area (Å²) in [6.07, 6.45) is -0.366. The van der Waals surface area contributed by atoms with Crippen molar-refractivity contribution in [2.24, 2.45) is 5.73 Å². The molecule has 3 N–H and O–H groups in total. The van der Waals surface area contributed by atoms with Gasteiger partial charge in [-0.3, -0.25) is 14.4 Å². The lowest BCUT2D eigenvalue weighted by atomic mass is 10.0. The van der Waals surface area contributed by atoms with Crippen molar-refractivity contribution >= 4 is 39.6 Å². The minimum Gasteiger partial charge on any atom is -0.461 e. The van der Waals surface area contributed by atoms with Gasteiger partial charge in [0.2, 0.25) is 5.91 Å². The average molecular weight is 427 g/mol. The van der Waals surface area contributed by atoms with E-state index in [1.807, 2.05) is 66.7 Å². The van der Waals surface area contributed by atoms with Gasteiger partial charge >= 0.3 is 5.97 Å². The molecule has 0 saturated carbocycles. The first-order valence-corrected chi connectivity index (χ1v) is 10.1. The van der Waals surface area contributed by atoms with Crippen LogP contribution in [-0.2, 0) is 20.9 Å². The minimum absolute atomic E-state index is 0.0682. The monoisotopic (exact) mass is 427 g/mol. The highest BCUT2D eigenvalue weighted by atomic mass is 16.5. The molecule has 4 rings (SSSR count). The lowest BCUT2D eigenvalue weighted by molar-refractivity contribution is -0.146. The maximum absolute atomic E-state index is 13.2. The molecule has 0 aliphatic heterocycles. The summed E-state index contributed by atoms with van der Waals surface area (Å²) in [5.74, 6) is -1.97. The molecule has 0 unspecified atom stereocenters. The quantitative estimate of drug-likeness (QED) is 0.348. The summed E-state index contributed by atoms with van der Waals surface area (Å²) in [6.45, 7) is 0.0682.